The van der Waals surface area contributed by atoms with Crippen LogP contribution in [0, 0.1) is 0 Å². The van der Waals surface area contributed by atoms with Crippen molar-refractivity contribution >= 4 is 11.6 Å². The van der Waals surface area contributed by atoms with Gasteiger partial charge in [0.15, 0.2) is 0 Å². The molecule has 0 aromatic carbocycles. The monoisotopic (exact) mass is 235 g/mol. The Morgan fingerprint density at radius 1 is 1.65 bits per heavy atom. The van der Waals surface area contributed by atoms with Crippen LogP contribution in [-0.4, -0.2) is 41.2 Å². The summed E-state index contributed by atoms with van der Waals surface area (Å²) in [6.07, 6.45) is 1.62. The molecule has 1 aliphatic rings. The number of carbonyl (C=O) groups excluding carboxylic acids is 1. The van der Waals surface area contributed by atoms with E-state index in [2.05, 4.69) is 10.3 Å². The topological polar surface area (TPSA) is 65.5 Å². The van der Waals surface area contributed by atoms with Gasteiger partial charge in [0, 0.05) is 31.5 Å². The normalized spacial score (nSPS) is 17.5. The maximum atomic E-state index is 11.6. The first kappa shape index (κ1) is 11.9. The van der Waals surface area contributed by atoms with Crippen molar-refractivity contribution in [2.75, 3.05) is 24.5 Å². The molecule has 0 unspecified atom stereocenters. The van der Waals surface area contributed by atoms with E-state index in [4.69, 9.17) is 0 Å². The van der Waals surface area contributed by atoms with Gasteiger partial charge in [0.1, 0.15) is 5.69 Å². The predicted octanol–water partition coefficient (Wildman–Crippen LogP) is 0.402. The Labute approximate surface area is 100 Å². The summed E-state index contributed by atoms with van der Waals surface area (Å²) in [5, 5.41) is 12.4. The summed E-state index contributed by atoms with van der Waals surface area (Å²) in [4.78, 5) is 17.7. The zero-order chi connectivity index (χ0) is 12.5. The number of hydrogen-bond acceptors (Lipinski definition) is 4. The zero-order valence-corrected chi connectivity index (χ0v) is 10.1. The van der Waals surface area contributed by atoms with Crippen LogP contribution in [0.5, 0.6) is 0 Å². The van der Waals surface area contributed by atoms with Crippen LogP contribution in [0.4, 0.5) is 5.69 Å². The SMILES string of the molecule is CCNC(=O)c1cc(N2CC(C)(O)C2)ccn1. The first-order valence-corrected chi connectivity index (χ1v) is 5.73. The highest BCUT2D eigenvalue weighted by atomic mass is 16.3. The predicted molar refractivity (Wildman–Crippen MR) is 65.1 cm³/mol. The van der Waals surface area contributed by atoms with Crippen molar-refractivity contribution in [2.24, 2.45) is 0 Å². The number of anilines is 1. The van der Waals surface area contributed by atoms with Gasteiger partial charge in [-0.05, 0) is 26.0 Å². The van der Waals surface area contributed by atoms with Crippen molar-refractivity contribution in [3.05, 3.63) is 24.0 Å². The van der Waals surface area contributed by atoms with E-state index in [1.807, 2.05) is 17.9 Å². The van der Waals surface area contributed by atoms with Crippen molar-refractivity contribution in [1.82, 2.24) is 10.3 Å². The van der Waals surface area contributed by atoms with Crippen molar-refractivity contribution in [2.45, 2.75) is 19.4 Å². The summed E-state index contributed by atoms with van der Waals surface area (Å²) in [6.45, 7) is 5.44. The molecule has 1 aromatic rings. The van der Waals surface area contributed by atoms with E-state index in [1.54, 1.807) is 19.2 Å². The Kier molecular flexibility index (Phi) is 3.02. The van der Waals surface area contributed by atoms with E-state index in [0.717, 1.165) is 5.69 Å². The number of amides is 1. The first-order chi connectivity index (χ1) is 8.02. The van der Waals surface area contributed by atoms with Crippen LogP contribution in [0.2, 0.25) is 0 Å². The Hall–Kier alpha value is -1.62. The smallest absolute Gasteiger partial charge is 0.269 e. The average Bonchev–Trinajstić information content (AvgIpc) is 2.26. The van der Waals surface area contributed by atoms with Gasteiger partial charge in [-0.25, -0.2) is 0 Å². The van der Waals surface area contributed by atoms with Crippen LogP contribution in [0.1, 0.15) is 24.3 Å². The van der Waals surface area contributed by atoms with Crippen molar-refractivity contribution in [3.8, 4) is 0 Å². The molecule has 5 nitrogen and oxygen atoms in total. The third-order valence-corrected chi connectivity index (χ3v) is 2.74. The highest BCUT2D eigenvalue weighted by Gasteiger charge is 2.36. The lowest BCUT2D eigenvalue weighted by molar-refractivity contribution is 0.0310. The van der Waals surface area contributed by atoms with Crippen molar-refractivity contribution in [1.29, 1.82) is 0 Å². The Morgan fingerprint density at radius 2 is 2.35 bits per heavy atom. The zero-order valence-electron chi connectivity index (χ0n) is 10.1. The number of carbonyl (C=O) groups is 1. The van der Waals surface area contributed by atoms with Gasteiger partial charge in [-0.2, -0.15) is 0 Å². The summed E-state index contributed by atoms with van der Waals surface area (Å²) in [5.41, 5.74) is 0.721. The third-order valence-electron chi connectivity index (χ3n) is 2.74. The summed E-state index contributed by atoms with van der Waals surface area (Å²) in [5.74, 6) is -0.165. The van der Waals surface area contributed by atoms with E-state index in [9.17, 15) is 9.90 Å². The molecule has 2 rings (SSSR count). The Morgan fingerprint density at radius 3 is 2.94 bits per heavy atom. The maximum absolute atomic E-state index is 11.6. The number of nitrogens with zero attached hydrogens (tertiary/aromatic N) is 2. The summed E-state index contributed by atoms with van der Waals surface area (Å²) < 4.78 is 0. The number of aliphatic hydroxyl groups is 1. The molecule has 0 saturated carbocycles. The standard InChI is InChI=1S/C12H17N3O2/c1-3-13-11(16)10-6-9(4-5-14-10)15-7-12(2,17)8-15/h4-6,17H,3,7-8H2,1-2H3,(H,13,16). The molecule has 2 N–H and O–H groups in total. The molecule has 0 atom stereocenters. The second-order valence-electron chi connectivity index (χ2n) is 4.61. The van der Waals surface area contributed by atoms with Gasteiger partial charge < -0.3 is 15.3 Å². The van der Waals surface area contributed by atoms with Crippen LogP contribution in [0.3, 0.4) is 0 Å². The molecule has 2 heterocycles. The summed E-state index contributed by atoms with van der Waals surface area (Å²) >= 11 is 0. The number of aromatic nitrogens is 1. The highest BCUT2D eigenvalue weighted by molar-refractivity contribution is 5.93. The van der Waals surface area contributed by atoms with Gasteiger partial charge >= 0.3 is 0 Å². The molecule has 92 valence electrons. The van der Waals surface area contributed by atoms with Crippen LogP contribution >= 0.6 is 0 Å². The van der Waals surface area contributed by atoms with E-state index >= 15 is 0 Å². The van der Waals surface area contributed by atoms with Crippen LogP contribution in [-0.2, 0) is 0 Å². The van der Waals surface area contributed by atoms with E-state index < -0.39 is 5.60 Å². The lowest BCUT2D eigenvalue weighted by Gasteiger charge is -2.45. The van der Waals surface area contributed by atoms with E-state index in [-0.39, 0.29) is 5.91 Å². The molecule has 0 bridgehead atoms. The third kappa shape index (κ3) is 2.55. The van der Waals surface area contributed by atoms with Gasteiger partial charge in [-0.1, -0.05) is 0 Å². The minimum Gasteiger partial charge on any atom is -0.386 e. The lowest BCUT2D eigenvalue weighted by atomic mass is 9.96. The van der Waals surface area contributed by atoms with Crippen LogP contribution in [0.25, 0.3) is 0 Å². The fourth-order valence-corrected chi connectivity index (χ4v) is 1.95. The van der Waals surface area contributed by atoms with E-state index in [1.165, 1.54) is 0 Å². The molecule has 0 aliphatic carbocycles. The van der Waals surface area contributed by atoms with Gasteiger partial charge in [0.2, 0.25) is 0 Å². The summed E-state index contributed by atoms with van der Waals surface area (Å²) in [6, 6.07) is 3.60. The minimum atomic E-state index is -0.616. The van der Waals surface area contributed by atoms with Crippen molar-refractivity contribution in [3.63, 3.8) is 0 Å². The van der Waals surface area contributed by atoms with Gasteiger partial charge in [-0.15, -0.1) is 0 Å². The van der Waals surface area contributed by atoms with Gasteiger partial charge in [-0.3, -0.25) is 9.78 Å². The quantitative estimate of drug-likeness (QED) is 0.796. The number of hydrogen-bond donors (Lipinski definition) is 2. The first-order valence-electron chi connectivity index (χ1n) is 5.73. The van der Waals surface area contributed by atoms with Crippen molar-refractivity contribution < 1.29 is 9.90 Å². The Bertz CT molecular complexity index is 424. The number of pyridine rings is 1. The fourth-order valence-electron chi connectivity index (χ4n) is 1.95. The largest absolute Gasteiger partial charge is 0.386 e. The second-order valence-corrected chi connectivity index (χ2v) is 4.61. The lowest BCUT2D eigenvalue weighted by Crippen LogP contribution is -2.60. The highest BCUT2D eigenvalue weighted by Crippen LogP contribution is 2.27. The fraction of sp³-hybridized carbons (Fsp3) is 0.500. The van der Waals surface area contributed by atoms with Gasteiger partial charge in [0.05, 0.1) is 5.60 Å². The molecular formula is C12H17N3O2. The molecular weight excluding hydrogens is 218 g/mol. The number of β-amino-alcohol motifs (C(OH)–C–C–N with tert-alkyl or cyclic N) is 1. The van der Waals surface area contributed by atoms with Crippen LogP contribution in [0.15, 0.2) is 18.3 Å². The molecule has 1 saturated heterocycles. The summed E-state index contributed by atoms with van der Waals surface area (Å²) in [7, 11) is 0. The van der Waals surface area contributed by atoms with E-state index in [0.29, 0.717) is 25.3 Å². The number of rotatable bonds is 3. The maximum Gasteiger partial charge on any atom is 0.269 e. The molecule has 1 aromatic heterocycles. The second kappa shape index (κ2) is 4.33. The Balaban J connectivity index is 2.10. The molecule has 17 heavy (non-hydrogen) atoms. The molecule has 5 heteroatoms. The molecule has 1 amide bonds. The number of nitrogens with one attached hydrogen (secondary N) is 1. The minimum absolute atomic E-state index is 0.165. The average molecular weight is 235 g/mol. The molecule has 1 fully saturated rings. The molecule has 0 spiro atoms. The molecule has 0 radical (unpaired) electrons. The van der Waals surface area contributed by atoms with Crippen LogP contribution < -0.4 is 10.2 Å². The molecule has 1 aliphatic heterocycles. The van der Waals surface area contributed by atoms with Gasteiger partial charge in [0.25, 0.3) is 5.91 Å².